The Balaban J connectivity index is 3.80. The van der Waals surface area contributed by atoms with Gasteiger partial charge >= 0.3 is 0 Å². The predicted molar refractivity (Wildman–Crippen MR) is 270 cm³/mol. The molecule has 1 heterocycles. The lowest BCUT2D eigenvalue weighted by molar-refractivity contribution is -0.136. The van der Waals surface area contributed by atoms with Gasteiger partial charge in [0.15, 0.2) is 0 Å². The van der Waals surface area contributed by atoms with E-state index >= 15 is 0 Å². The molecular formula is C48H91N13O10. The molecule has 0 radical (unpaired) electrons. The number of amides is 9. The van der Waals surface area contributed by atoms with E-state index in [2.05, 4.69) is 54.8 Å². The van der Waals surface area contributed by atoms with Gasteiger partial charge in [0.05, 0.1) is 12.5 Å². The number of carbonyl (C=O) groups is 9. The Morgan fingerprint density at radius 3 is 1.35 bits per heavy atom. The normalized spacial score (nSPS) is 23.6. The molecule has 408 valence electrons. The maximum absolute atomic E-state index is 14.3. The summed E-state index contributed by atoms with van der Waals surface area (Å²) in [7, 11) is 0. The zero-order valence-corrected chi connectivity index (χ0v) is 43.5. The van der Waals surface area contributed by atoms with Crippen LogP contribution < -0.4 is 70.8 Å². The van der Waals surface area contributed by atoms with Gasteiger partial charge in [-0.05, 0) is 102 Å². The Hall–Kier alpha value is -4.97. The highest BCUT2D eigenvalue weighted by molar-refractivity contribution is 5.98. The lowest BCUT2D eigenvalue weighted by atomic mass is 9.99. The van der Waals surface area contributed by atoms with Crippen LogP contribution in [0, 0.1) is 17.8 Å². The van der Waals surface area contributed by atoms with Gasteiger partial charge < -0.3 is 75.9 Å². The van der Waals surface area contributed by atoms with Gasteiger partial charge in [0.25, 0.3) is 0 Å². The summed E-state index contributed by atoms with van der Waals surface area (Å²) in [6.45, 7) is 12.6. The van der Waals surface area contributed by atoms with Gasteiger partial charge in [-0.15, -0.1) is 0 Å². The average molecular weight is 1010 g/mol. The molecule has 0 bridgehead atoms. The Kier molecular flexibility index (Phi) is 31.8. The Morgan fingerprint density at radius 2 is 0.944 bits per heavy atom. The van der Waals surface area contributed by atoms with Crippen LogP contribution in [0.5, 0.6) is 0 Å². The highest BCUT2D eigenvalue weighted by Crippen LogP contribution is 2.13. The fourth-order valence-corrected chi connectivity index (χ4v) is 8.04. The van der Waals surface area contributed by atoms with Crippen molar-refractivity contribution in [3.63, 3.8) is 0 Å². The molecule has 71 heavy (non-hydrogen) atoms. The third-order valence-corrected chi connectivity index (χ3v) is 11.8. The minimum atomic E-state index is -1.45. The number of hydrogen-bond donors (Lipinski definition) is 14. The molecule has 18 N–H and O–H groups in total. The summed E-state index contributed by atoms with van der Waals surface area (Å²) >= 11 is 0. The highest BCUT2D eigenvalue weighted by Gasteiger charge is 2.35. The first-order valence-corrected chi connectivity index (χ1v) is 25.8. The first-order chi connectivity index (χ1) is 33.6. The lowest BCUT2D eigenvalue weighted by Gasteiger charge is -2.29. The third kappa shape index (κ3) is 25.8. The highest BCUT2D eigenvalue weighted by atomic mass is 16.3. The third-order valence-electron chi connectivity index (χ3n) is 11.8. The van der Waals surface area contributed by atoms with Crippen molar-refractivity contribution >= 4 is 53.2 Å². The minimum Gasteiger partial charge on any atom is -0.393 e. The monoisotopic (exact) mass is 1010 g/mol. The topological polar surface area (TPSA) is 386 Å². The van der Waals surface area contributed by atoms with Crippen LogP contribution >= 0.6 is 0 Å². The largest absolute Gasteiger partial charge is 0.393 e. The van der Waals surface area contributed by atoms with Gasteiger partial charge in [-0.2, -0.15) is 0 Å². The van der Waals surface area contributed by atoms with Crippen LogP contribution in [0.15, 0.2) is 0 Å². The van der Waals surface area contributed by atoms with Gasteiger partial charge in [0.2, 0.25) is 53.2 Å². The number of aliphatic hydroxyl groups is 1. The summed E-state index contributed by atoms with van der Waals surface area (Å²) in [4.78, 5) is 125. The van der Waals surface area contributed by atoms with Crippen molar-refractivity contribution in [1.29, 1.82) is 0 Å². The van der Waals surface area contributed by atoms with E-state index in [9.17, 15) is 48.3 Å². The summed E-state index contributed by atoms with van der Waals surface area (Å²) in [5, 5.41) is 34.6. The Bertz CT molecular complexity index is 1690. The van der Waals surface area contributed by atoms with Crippen molar-refractivity contribution in [1.82, 2.24) is 47.9 Å². The standard InChI is InChI=1S/C48H91N13O10/c1-8-9-10-11-12-13-31(62)27-40(63)54-32(14-19-49)42(65)58-36-18-23-53-41(64)37(24-28(2)3)59-44(67)34(16-21-51)55-43(66)33(15-20-50)57-47(70)38(25-29(4)5)61-48(71)39(26-30(6)7)60-45(68)35(17-22-52)56-46(36)69/h28-39,62H,8-27,49-52H2,1-7H3,(H,53,64)(H,54,63)(H,55,66)(H,56,69)(H,57,70)(H,58,65)(H,59,67)(H,60,68)(H,61,71)/t31-,32+,33-,34-,35-,36-,37-,38-,39+/m0/s1. The van der Waals surface area contributed by atoms with Crippen LogP contribution in [-0.2, 0) is 43.2 Å². The number of carbonyl (C=O) groups excluding carboxylic acids is 9. The second kappa shape index (κ2) is 35.2. The summed E-state index contributed by atoms with van der Waals surface area (Å²) in [5.74, 6) is -7.04. The SMILES string of the molecule is CCCCCCC[C@H](O)CC(=O)N[C@H](CCN)C(=O)N[C@H]1CCNC(=O)[C@H](CC(C)C)NC(=O)[C@H](CCN)NC(=O)[C@H](CCN)NC(=O)[C@H](CC(C)C)NC(=O)[C@@H](CC(C)C)NC(=O)[C@H](CCN)NC1=O. The van der Waals surface area contributed by atoms with Gasteiger partial charge in [-0.1, -0.05) is 80.6 Å². The van der Waals surface area contributed by atoms with Crippen LogP contribution in [0.3, 0.4) is 0 Å². The van der Waals surface area contributed by atoms with Crippen LogP contribution in [0.4, 0.5) is 0 Å². The van der Waals surface area contributed by atoms with E-state index in [1.165, 1.54) is 0 Å². The zero-order valence-electron chi connectivity index (χ0n) is 43.5. The molecule has 23 nitrogen and oxygen atoms in total. The molecule has 9 atom stereocenters. The molecule has 0 aromatic rings. The molecule has 9 amide bonds. The van der Waals surface area contributed by atoms with E-state index in [1.807, 2.05) is 41.5 Å². The maximum atomic E-state index is 14.3. The number of unbranched alkanes of at least 4 members (excludes halogenated alkanes) is 4. The molecular weight excluding hydrogens is 919 g/mol. The number of rotatable bonds is 25. The summed E-state index contributed by atoms with van der Waals surface area (Å²) in [6.07, 6.45) is 3.89. The quantitative estimate of drug-likeness (QED) is 0.0442. The minimum absolute atomic E-state index is 0.0350. The van der Waals surface area contributed by atoms with Crippen molar-refractivity contribution in [2.45, 2.75) is 199 Å². The second-order valence-electron chi connectivity index (χ2n) is 19.9. The Labute approximate surface area is 420 Å². The molecule has 0 unspecified atom stereocenters. The molecule has 1 aliphatic heterocycles. The van der Waals surface area contributed by atoms with Crippen molar-refractivity contribution in [3.8, 4) is 0 Å². The van der Waals surface area contributed by atoms with E-state index in [-0.39, 0.29) is 108 Å². The van der Waals surface area contributed by atoms with Crippen molar-refractivity contribution < 1.29 is 48.3 Å². The van der Waals surface area contributed by atoms with Crippen LogP contribution in [0.25, 0.3) is 0 Å². The smallest absolute Gasteiger partial charge is 0.243 e. The van der Waals surface area contributed by atoms with Gasteiger partial charge in [-0.25, -0.2) is 0 Å². The molecule has 0 saturated carbocycles. The molecule has 0 aliphatic carbocycles. The number of hydrogen-bond acceptors (Lipinski definition) is 14. The van der Waals surface area contributed by atoms with E-state index in [0.29, 0.717) is 6.42 Å². The molecule has 0 spiro atoms. The second-order valence-corrected chi connectivity index (χ2v) is 19.9. The fourth-order valence-electron chi connectivity index (χ4n) is 8.04. The van der Waals surface area contributed by atoms with Gasteiger partial charge in [-0.3, -0.25) is 43.2 Å². The molecule has 23 heteroatoms. The average Bonchev–Trinajstić information content (AvgIpc) is 3.28. The molecule has 0 aromatic heterocycles. The first kappa shape index (κ1) is 64.0. The van der Waals surface area contributed by atoms with E-state index < -0.39 is 108 Å². The first-order valence-electron chi connectivity index (χ1n) is 25.8. The van der Waals surface area contributed by atoms with E-state index in [4.69, 9.17) is 22.9 Å². The lowest BCUT2D eigenvalue weighted by Crippen LogP contribution is -2.60. The molecule has 1 rings (SSSR count). The summed E-state index contributed by atoms with van der Waals surface area (Å²) < 4.78 is 0. The van der Waals surface area contributed by atoms with Crippen molar-refractivity contribution in [2.75, 3.05) is 32.7 Å². The summed E-state index contributed by atoms with van der Waals surface area (Å²) in [5.41, 5.74) is 23.5. The summed E-state index contributed by atoms with van der Waals surface area (Å²) in [6, 6.07) is -10.1. The van der Waals surface area contributed by atoms with E-state index in [0.717, 1.165) is 32.1 Å². The van der Waals surface area contributed by atoms with Gasteiger partial charge in [0.1, 0.15) is 48.3 Å². The zero-order chi connectivity index (χ0) is 53.6. The number of aliphatic hydroxyl groups excluding tert-OH is 1. The molecule has 1 saturated heterocycles. The maximum Gasteiger partial charge on any atom is 0.243 e. The van der Waals surface area contributed by atoms with Gasteiger partial charge in [0, 0.05) is 6.54 Å². The van der Waals surface area contributed by atoms with Crippen LogP contribution in [-0.4, -0.2) is 145 Å². The van der Waals surface area contributed by atoms with Crippen LogP contribution in [0.1, 0.15) is 145 Å². The molecule has 1 fully saturated rings. The van der Waals surface area contributed by atoms with Crippen LogP contribution in [0.2, 0.25) is 0 Å². The Morgan fingerprint density at radius 1 is 0.549 bits per heavy atom. The predicted octanol–water partition coefficient (Wildman–Crippen LogP) is -1.97. The number of nitrogens with two attached hydrogens (primary N) is 4. The van der Waals surface area contributed by atoms with Crippen molar-refractivity contribution in [3.05, 3.63) is 0 Å². The molecule has 1 aliphatic rings. The number of nitrogens with one attached hydrogen (secondary N) is 9. The van der Waals surface area contributed by atoms with E-state index in [1.54, 1.807) is 0 Å². The van der Waals surface area contributed by atoms with Crippen molar-refractivity contribution in [2.24, 2.45) is 40.7 Å². The molecule has 0 aromatic carbocycles. The fraction of sp³-hybridized carbons (Fsp3) is 0.812.